The molecule has 6 nitrogen and oxygen atoms in total. The van der Waals surface area contributed by atoms with Crippen molar-refractivity contribution in [3.8, 4) is 5.75 Å². The molecule has 2 heterocycles. The Labute approximate surface area is 184 Å². The maximum Gasteiger partial charge on any atom is 0.233 e. The molecule has 0 aromatic heterocycles. The van der Waals surface area contributed by atoms with Crippen LogP contribution in [0.1, 0.15) is 56.9 Å². The quantitative estimate of drug-likeness (QED) is 0.627. The highest BCUT2D eigenvalue weighted by Gasteiger charge is 2.47. The number of hydrogen-bond acceptors (Lipinski definition) is 4. The molecule has 3 fully saturated rings. The van der Waals surface area contributed by atoms with E-state index >= 15 is 0 Å². The third-order valence-corrected chi connectivity index (χ3v) is 7.45. The van der Waals surface area contributed by atoms with Gasteiger partial charge in [0.1, 0.15) is 5.75 Å². The first kappa shape index (κ1) is 21.8. The van der Waals surface area contributed by atoms with Gasteiger partial charge in [-0.2, -0.15) is 0 Å². The molecule has 3 amide bonds. The Morgan fingerprint density at radius 1 is 0.968 bits per heavy atom. The van der Waals surface area contributed by atoms with Crippen molar-refractivity contribution < 1.29 is 19.1 Å². The van der Waals surface area contributed by atoms with Crippen molar-refractivity contribution in [1.82, 2.24) is 9.80 Å². The van der Waals surface area contributed by atoms with Gasteiger partial charge in [-0.1, -0.05) is 25.0 Å². The van der Waals surface area contributed by atoms with Gasteiger partial charge in [-0.15, -0.1) is 0 Å². The molecule has 4 rings (SSSR count). The number of fused-ring (bicyclic) bond motifs is 1. The van der Waals surface area contributed by atoms with E-state index in [1.165, 1.54) is 10.5 Å². The number of amides is 3. The molecule has 1 aromatic rings. The van der Waals surface area contributed by atoms with Crippen LogP contribution in [0.5, 0.6) is 5.75 Å². The number of carbonyl (C=O) groups excluding carboxylic acids is 3. The number of piperidine rings is 1. The van der Waals surface area contributed by atoms with E-state index in [9.17, 15) is 14.4 Å². The zero-order valence-corrected chi connectivity index (χ0v) is 18.6. The summed E-state index contributed by atoms with van der Waals surface area (Å²) in [5.41, 5.74) is 1.32. The van der Waals surface area contributed by atoms with Crippen molar-refractivity contribution in [1.29, 1.82) is 0 Å². The molecule has 0 radical (unpaired) electrons. The fourth-order valence-electron chi connectivity index (χ4n) is 5.45. The molecule has 168 valence electrons. The number of rotatable bonds is 7. The third kappa shape index (κ3) is 4.94. The Morgan fingerprint density at radius 3 is 2.16 bits per heavy atom. The minimum Gasteiger partial charge on any atom is -0.497 e. The van der Waals surface area contributed by atoms with Crippen LogP contribution in [-0.4, -0.2) is 54.3 Å². The van der Waals surface area contributed by atoms with Crippen LogP contribution in [0.3, 0.4) is 0 Å². The summed E-state index contributed by atoms with van der Waals surface area (Å²) in [5, 5.41) is 0. The maximum atomic E-state index is 12.7. The molecule has 0 N–H and O–H groups in total. The van der Waals surface area contributed by atoms with Crippen LogP contribution in [0.2, 0.25) is 0 Å². The average molecular weight is 427 g/mol. The zero-order chi connectivity index (χ0) is 21.8. The van der Waals surface area contributed by atoms with Gasteiger partial charge in [-0.25, -0.2) is 0 Å². The van der Waals surface area contributed by atoms with Gasteiger partial charge in [-0.3, -0.25) is 19.3 Å². The summed E-state index contributed by atoms with van der Waals surface area (Å²) >= 11 is 0. The van der Waals surface area contributed by atoms with Crippen molar-refractivity contribution in [2.45, 2.75) is 57.8 Å². The molecule has 2 atom stereocenters. The molecule has 6 heteroatoms. The highest BCUT2D eigenvalue weighted by Crippen LogP contribution is 2.38. The van der Waals surface area contributed by atoms with Crippen molar-refractivity contribution in [2.24, 2.45) is 17.8 Å². The fraction of sp³-hybridized carbons (Fsp3) is 0.640. The SMILES string of the molecule is COc1ccc(CCC2CCN(C(=O)CCN3C(=O)[C@@H]4CCCC[C@H]4C3=O)CC2)cc1. The number of hydrogen-bond donors (Lipinski definition) is 0. The zero-order valence-electron chi connectivity index (χ0n) is 18.6. The molecule has 0 unspecified atom stereocenters. The van der Waals surface area contributed by atoms with Gasteiger partial charge < -0.3 is 9.64 Å². The highest BCUT2D eigenvalue weighted by molar-refractivity contribution is 6.05. The molecule has 31 heavy (non-hydrogen) atoms. The monoisotopic (exact) mass is 426 g/mol. The Kier molecular flexibility index (Phi) is 6.93. The summed E-state index contributed by atoms with van der Waals surface area (Å²) in [6, 6.07) is 8.24. The standard InChI is InChI=1S/C25H34N2O4/c1-31-20-10-8-18(9-11-20)6-7-19-12-15-26(16-13-19)23(28)14-17-27-24(29)21-4-2-3-5-22(21)25(27)30/h8-11,19,21-22H,2-7,12-17H2,1H3/t21-,22-/m1/s1. The van der Waals surface area contributed by atoms with Gasteiger partial charge in [0.05, 0.1) is 18.9 Å². The van der Waals surface area contributed by atoms with E-state index in [4.69, 9.17) is 4.74 Å². The molecule has 2 aliphatic heterocycles. The maximum absolute atomic E-state index is 12.7. The average Bonchev–Trinajstić information content (AvgIpc) is 3.06. The lowest BCUT2D eigenvalue weighted by Crippen LogP contribution is -2.41. The van der Waals surface area contributed by atoms with Crippen LogP contribution in [-0.2, 0) is 20.8 Å². The van der Waals surface area contributed by atoms with Gasteiger partial charge in [0.25, 0.3) is 0 Å². The number of methoxy groups -OCH3 is 1. The number of nitrogens with zero attached hydrogens (tertiary/aromatic N) is 2. The molecular formula is C25H34N2O4. The van der Waals surface area contributed by atoms with E-state index in [-0.39, 0.29) is 42.5 Å². The summed E-state index contributed by atoms with van der Waals surface area (Å²) < 4.78 is 5.21. The van der Waals surface area contributed by atoms with E-state index in [2.05, 4.69) is 12.1 Å². The molecule has 1 aliphatic carbocycles. The van der Waals surface area contributed by atoms with E-state index in [0.717, 1.165) is 70.2 Å². The van der Waals surface area contributed by atoms with Crippen LogP contribution in [0, 0.1) is 17.8 Å². The Balaban J connectivity index is 1.19. The first-order chi connectivity index (χ1) is 15.1. The molecule has 1 saturated carbocycles. The van der Waals surface area contributed by atoms with Gasteiger partial charge in [0.15, 0.2) is 0 Å². The van der Waals surface area contributed by atoms with E-state index in [1.807, 2.05) is 17.0 Å². The van der Waals surface area contributed by atoms with Crippen molar-refractivity contribution in [3.63, 3.8) is 0 Å². The first-order valence-corrected chi connectivity index (χ1v) is 11.8. The van der Waals surface area contributed by atoms with Crippen LogP contribution < -0.4 is 4.74 Å². The Bertz CT molecular complexity index is 774. The number of likely N-dealkylation sites (tertiary alicyclic amines) is 2. The van der Waals surface area contributed by atoms with Gasteiger partial charge in [-0.05, 0) is 62.1 Å². The minimum atomic E-state index is -0.127. The lowest BCUT2D eigenvalue weighted by molar-refractivity contribution is -0.141. The Morgan fingerprint density at radius 2 is 1.58 bits per heavy atom. The summed E-state index contributed by atoms with van der Waals surface area (Å²) in [5.74, 6) is 1.25. The fourth-order valence-corrected chi connectivity index (χ4v) is 5.45. The number of ether oxygens (including phenoxy) is 1. The van der Waals surface area contributed by atoms with E-state index in [0.29, 0.717) is 5.92 Å². The van der Waals surface area contributed by atoms with E-state index in [1.54, 1.807) is 7.11 Å². The lowest BCUT2D eigenvalue weighted by Gasteiger charge is -2.32. The molecular weight excluding hydrogens is 392 g/mol. The normalized spacial score (nSPS) is 24.4. The number of aryl methyl sites for hydroxylation is 1. The smallest absolute Gasteiger partial charge is 0.233 e. The molecule has 2 saturated heterocycles. The summed E-state index contributed by atoms with van der Waals surface area (Å²) in [6.07, 6.45) is 8.18. The van der Waals surface area contributed by atoms with Crippen LogP contribution in [0.25, 0.3) is 0 Å². The van der Waals surface area contributed by atoms with Gasteiger partial charge in [0, 0.05) is 26.1 Å². The second-order valence-corrected chi connectivity index (χ2v) is 9.29. The van der Waals surface area contributed by atoms with Crippen LogP contribution in [0.15, 0.2) is 24.3 Å². The summed E-state index contributed by atoms with van der Waals surface area (Å²) in [7, 11) is 1.68. The molecule has 3 aliphatic rings. The number of carbonyl (C=O) groups is 3. The number of imide groups is 1. The largest absolute Gasteiger partial charge is 0.497 e. The van der Waals surface area contributed by atoms with Gasteiger partial charge >= 0.3 is 0 Å². The first-order valence-electron chi connectivity index (χ1n) is 11.8. The summed E-state index contributed by atoms with van der Waals surface area (Å²) in [4.78, 5) is 41.1. The Hall–Kier alpha value is -2.37. The predicted octanol–water partition coefficient (Wildman–Crippen LogP) is 3.43. The molecule has 0 bridgehead atoms. The minimum absolute atomic E-state index is 0.0419. The summed E-state index contributed by atoms with van der Waals surface area (Å²) in [6.45, 7) is 1.80. The lowest BCUT2D eigenvalue weighted by atomic mass is 9.81. The predicted molar refractivity (Wildman–Crippen MR) is 117 cm³/mol. The second-order valence-electron chi connectivity index (χ2n) is 9.29. The number of benzene rings is 1. The molecule has 0 spiro atoms. The van der Waals surface area contributed by atoms with Crippen LogP contribution >= 0.6 is 0 Å². The van der Waals surface area contributed by atoms with Crippen molar-refractivity contribution in [3.05, 3.63) is 29.8 Å². The third-order valence-electron chi connectivity index (χ3n) is 7.45. The van der Waals surface area contributed by atoms with Crippen LogP contribution in [0.4, 0.5) is 0 Å². The van der Waals surface area contributed by atoms with Crippen molar-refractivity contribution >= 4 is 17.7 Å². The van der Waals surface area contributed by atoms with Gasteiger partial charge in [0.2, 0.25) is 17.7 Å². The highest BCUT2D eigenvalue weighted by atomic mass is 16.5. The van der Waals surface area contributed by atoms with Crippen molar-refractivity contribution in [2.75, 3.05) is 26.7 Å². The second kappa shape index (κ2) is 9.84. The van der Waals surface area contributed by atoms with E-state index < -0.39 is 0 Å². The topological polar surface area (TPSA) is 66.9 Å². The molecule has 1 aromatic carbocycles.